The molecule has 0 aromatic heterocycles. The maximum absolute atomic E-state index is 12.0. The Bertz CT molecular complexity index is 514. The van der Waals surface area contributed by atoms with Gasteiger partial charge >= 0.3 is 12.0 Å². The Hall–Kier alpha value is -1.75. The molecule has 2 amide bonds. The largest absolute Gasteiger partial charge is 0.481 e. The van der Waals surface area contributed by atoms with Crippen molar-refractivity contribution in [1.82, 2.24) is 10.6 Å². The SMILES string of the molecule is CC(NC(=O)NC(CC(=O)O)C1CC1)c1ccc(Cl)cc1. The van der Waals surface area contributed by atoms with Gasteiger partial charge in [0.2, 0.25) is 0 Å². The van der Waals surface area contributed by atoms with Crippen molar-refractivity contribution in [2.75, 3.05) is 0 Å². The molecule has 0 aliphatic heterocycles. The van der Waals surface area contributed by atoms with Gasteiger partial charge in [-0.2, -0.15) is 0 Å². The Labute approximate surface area is 128 Å². The third kappa shape index (κ3) is 4.93. The van der Waals surface area contributed by atoms with Gasteiger partial charge in [0.1, 0.15) is 0 Å². The summed E-state index contributed by atoms with van der Waals surface area (Å²) >= 11 is 5.83. The van der Waals surface area contributed by atoms with Crippen molar-refractivity contribution in [3.63, 3.8) is 0 Å². The van der Waals surface area contributed by atoms with E-state index >= 15 is 0 Å². The van der Waals surface area contributed by atoms with Gasteiger partial charge in [-0.3, -0.25) is 4.79 Å². The first kappa shape index (κ1) is 15.6. The van der Waals surface area contributed by atoms with Crippen molar-refractivity contribution in [3.8, 4) is 0 Å². The number of carbonyl (C=O) groups is 2. The van der Waals surface area contributed by atoms with Gasteiger partial charge in [0, 0.05) is 11.1 Å². The van der Waals surface area contributed by atoms with Crippen LogP contribution in [0.25, 0.3) is 0 Å². The zero-order valence-corrected chi connectivity index (χ0v) is 12.6. The van der Waals surface area contributed by atoms with Gasteiger partial charge in [0.15, 0.2) is 0 Å². The van der Waals surface area contributed by atoms with Crippen molar-refractivity contribution in [2.45, 2.75) is 38.3 Å². The molecule has 0 saturated heterocycles. The molecule has 2 rings (SSSR count). The van der Waals surface area contributed by atoms with Gasteiger partial charge in [0.05, 0.1) is 12.5 Å². The number of benzene rings is 1. The molecule has 2 unspecified atom stereocenters. The average molecular weight is 311 g/mol. The van der Waals surface area contributed by atoms with Gasteiger partial charge in [-0.25, -0.2) is 4.79 Å². The molecule has 21 heavy (non-hydrogen) atoms. The van der Waals surface area contributed by atoms with Crippen LogP contribution < -0.4 is 10.6 Å². The van der Waals surface area contributed by atoms with Crippen molar-refractivity contribution in [1.29, 1.82) is 0 Å². The van der Waals surface area contributed by atoms with Gasteiger partial charge < -0.3 is 15.7 Å². The van der Waals surface area contributed by atoms with E-state index in [9.17, 15) is 9.59 Å². The molecule has 0 spiro atoms. The first-order valence-corrected chi connectivity index (χ1v) is 7.38. The Morgan fingerprint density at radius 3 is 2.43 bits per heavy atom. The molecule has 5 nitrogen and oxygen atoms in total. The molecule has 0 heterocycles. The van der Waals surface area contributed by atoms with E-state index in [1.54, 1.807) is 12.1 Å². The third-order valence-corrected chi connectivity index (χ3v) is 3.87. The standard InChI is InChI=1S/C15H19ClN2O3/c1-9(10-4-6-12(16)7-5-10)17-15(21)18-13(8-14(19)20)11-2-3-11/h4-7,9,11,13H,2-3,8H2,1H3,(H,19,20)(H2,17,18,21). The minimum atomic E-state index is -0.891. The smallest absolute Gasteiger partial charge is 0.315 e. The van der Waals surface area contributed by atoms with Crippen molar-refractivity contribution in [2.24, 2.45) is 5.92 Å². The summed E-state index contributed by atoms with van der Waals surface area (Å²) in [5.41, 5.74) is 0.941. The number of aliphatic carboxylic acids is 1. The number of hydrogen-bond acceptors (Lipinski definition) is 2. The van der Waals surface area contributed by atoms with Crippen LogP contribution in [-0.4, -0.2) is 23.1 Å². The van der Waals surface area contributed by atoms with Crippen LogP contribution in [0.5, 0.6) is 0 Å². The molecule has 1 aliphatic carbocycles. The van der Waals surface area contributed by atoms with Crippen LogP contribution in [0, 0.1) is 5.92 Å². The number of rotatable bonds is 6. The van der Waals surface area contributed by atoms with Crippen molar-refractivity contribution in [3.05, 3.63) is 34.9 Å². The number of nitrogens with one attached hydrogen (secondary N) is 2. The second-order valence-electron chi connectivity index (χ2n) is 5.43. The van der Waals surface area contributed by atoms with Gasteiger partial charge in [-0.15, -0.1) is 0 Å². The fourth-order valence-electron chi connectivity index (χ4n) is 2.26. The lowest BCUT2D eigenvalue weighted by molar-refractivity contribution is -0.137. The van der Waals surface area contributed by atoms with Crippen LogP contribution in [0.1, 0.15) is 37.8 Å². The predicted octanol–water partition coefficient (Wildman–Crippen LogP) is 2.95. The highest BCUT2D eigenvalue weighted by atomic mass is 35.5. The van der Waals surface area contributed by atoms with Gasteiger partial charge in [0.25, 0.3) is 0 Å². The number of halogens is 1. The lowest BCUT2D eigenvalue weighted by Gasteiger charge is -2.20. The highest BCUT2D eigenvalue weighted by molar-refractivity contribution is 6.30. The molecule has 6 heteroatoms. The maximum Gasteiger partial charge on any atom is 0.315 e. The second kappa shape index (κ2) is 6.80. The summed E-state index contributed by atoms with van der Waals surface area (Å²) in [5.74, 6) is -0.601. The van der Waals surface area contributed by atoms with E-state index in [0.717, 1.165) is 18.4 Å². The van der Waals surface area contributed by atoms with Crippen molar-refractivity contribution < 1.29 is 14.7 Å². The van der Waals surface area contributed by atoms with E-state index in [2.05, 4.69) is 10.6 Å². The number of urea groups is 1. The quantitative estimate of drug-likeness (QED) is 0.756. The first-order chi connectivity index (χ1) is 9.95. The minimum absolute atomic E-state index is 0.0343. The molecule has 1 saturated carbocycles. The molecular formula is C15H19ClN2O3. The maximum atomic E-state index is 12.0. The van der Waals surface area contributed by atoms with Crippen LogP contribution in [0.4, 0.5) is 4.79 Å². The summed E-state index contributed by atoms with van der Waals surface area (Å²) in [5, 5.41) is 15.1. The molecule has 1 aromatic rings. The lowest BCUT2D eigenvalue weighted by Crippen LogP contribution is -2.44. The predicted molar refractivity (Wildman–Crippen MR) is 80.3 cm³/mol. The van der Waals surface area contributed by atoms with Crippen LogP contribution >= 0.6 is 11.6 Å². The number of carbonyl (C=O) groups excluding carboxylic acids is 1. The Morgan fingerprint density at radius 1 is 1.29 bits per heavy atom. The van der Waals surface area contributed by atoms with E-state index in [-0.39, 0.29) is 30.5 Å². The van der Waals surface area contributed by atoms with E-state index in [4.69, 9.17) is 16.7 Å². The summed E-state index contributed by atoms with van der Waals surface area (Å²) in [4.78, 5) is 22.8. The fraction of sp³-hybridized carbons (Fsp3) is 0.467. The van der Waals surface area contributed by atoms with E-state index in [1.165, 1.54) is 0 Å². The average Bonchev–Trinajstić information content (AvgIpc) is 3.22. The highest BCUT2D eigenvalue weighted by Gasteiger charge is 2.33. The number of carboxylic acids is 1. The zero-order chi connectivity index (χ0) is 15.4. The van der Waals surface area contributed by atoms with E-state index < -0.39 is 5.97 Å². The lowest BCUT2D eigenvalue weighted by atomic mass is 10.1. The number of amides is 2. The van der Waals surface area contributed by atoms with E-state index in [1.807, 2.05) is 19.1 Å². The Kier molecular flexibility index (Phi) is 5.07. The number of hydrogen-bond donors (Lipinski definition) is 3. The summed E-state index contributed by atoms with van der Waals surface area (Å²) in [6.45, 7) is 1.87. The molecule has 0 radical (unpaired) electrons. The van der Waals surface area contributed by atoms with Crippen LogP contribution in [0.2, 0.25) is 5.02 Å². The Balaban J connectivity index is 1.87. The van der Waals surface area contributed by atoms with Crippen molar-refractivity contribution >= 4 is 23.6 Å². The zero-order valence-electron chi connectivity index (χ0n) is 11.8. The summed E-state index contributed by atoms with van der Waals surface area (Å²) < 4.78 is 0. The molecule has 2 atom stereocenters. The second-order valence-corrected chi connectivity index (χ2v) is 5.87. The Morgan fingerprint density at radius 2 is 1.90 bits per heavy atom. The highest BCUT2D eigenvalue weighted by Crippen LogP contribution is 2.34. The summed E-state index contributed by atoms with van der Waals surface area (Å²) in [6, 6.07) is 6.43. The molecule has 0 bridgehead atoms. The minimum Gasteiger partial charge on any atom is -0.481 e. The monoisotopic (exact) mass is 310 g/mol. The molecule has 1 fully saturated rings. The number of carboxylic acid groups (broad SMARTS) is 1. The molecule has 1 aliphatic rings. The summed E-state index contributed by atoms with van der Waals surface area (Å²) in [7, 11) is 0. The fourth-order valence-corrected chi connectivity index (χ4v) is 2.39. The third-order valence-electron chi connectivity index (χ3n) is 3.62. The van der Waals surface area contributed by atoms with Crippen LogP contribution in [0.15, 0.2) is 24.3 Å². The van der Waals surface area contributed by atoms with Crippen LogP contribution in [0.3, 0.4) is 0 Å². The van der Waals surface area contributed by atoms with E-state index in [0.29, 0.717) is 5.02 Å². The topological polar surface area (TPSA) is 78.4 Å². The van der Waals surface area contributed by atoms with Crippen LogP contribution in [-0.2, 0) is 4.79 Å². The molecule has 114 valence electrons. The first-order valence-electron chi connectivity index (χ1n) is 7.00. The molecular weight excluding hydrogens is 292 g/mol. The van der Waals surface area contributed by atoms with Gasteiger partial charge in [-0.1, -0.05) is 23.7 Å². The normalized spacial score (nSPS) is 16.9. The van der Waals surface area contributed by atoms with Gasteiger partial charge in [-0.05, 0) is 43.4 Å². The molecule has 3 N–H and O–H groups in total. The molecule has 1 aromatic carbocycles. The summed E-state index contributed by atoms with van der Waals surface area (Å²) in [6.07, 6.45) is 1.92.